The van der Waals surface area contributed by atoms with Gasteiger partial charge in [0.05, 0.1) is 11.6 Å². The van der Waals surface area contributed by atoms with E-state index in [0.29, 0.717) is 61.8 Å². The maximum atomic E-state index is 12.5. The second kappa shape index (κ2) is 10.1. The molecule has 2 N–H and O–H groups in total. The van der Waals surface area contributed by atoms with Crippen LogP contribution in [0.2, 0.25) is 5.02 Å². The second-order valence-corrected chi connectivity index (χ2v) is 6.92. The number of halogens is 5. The van der Waals surface area contributed by atoms with Crippen LogP contribution in [0.5, 0.6) is 11.5 Å². The number of hydrogen-bond donors (Lipinski definition) is 2. The number of fused-ring (bicyclic) bond motifs is 1. The first-order valence-corrected chi connectivity index (χ1v) is 9.06. The maximum Gasteiger partial charge on any atom is 0.401 e. The molecule has 6 nitrogen and oxygen atoms in total. The molecule has 11 heteroatoms. The summed E-state index contributed by atoms with van der Waals surface area (Å²) in [5.41, 5.74) is 0.886. The van der Waals surface area contributed by atoms with Gasteiger partial charge in [0, 0.05) is 32.7 Å². The number of likely N-dealkylation sites (tertiary alicyclic amines) is 1. The average Bonchev–Trinajstić information content (AvgIpc) is 3.03. The van der Waals surface area contributed by atoms with E-state index in [1.165, 1.54) is 4.90 Å². The first kappa shape index (κ1) is 23.1. The highest BCUT2D eigenvalue weighted by molar-refractivity contribution is 14.0. The van der Waals surface area contributed by atoms with E-state index in [4.69, 9.17) is 21.1 Å². The van der Waals surface area contributed by atoms with Crippen LogP contribution >= 0.6 is 35.6 Å². The van der Waals surface area contributed by atoms with Gasteiger partial charge >= 0.3 is 6.18 Å². The van der Waals surface area contributed by atoms with Gasteiger partial charge in [0.2, 0.25) is 0 Å². The van der Waals surface area contributed by atoms with Crippen LogP contribution in [0, 0.1) is 0 Å². The summed E-state index contributed by atoms with van der Waals surface area (Å²) in [5, 5.41) is 6.80. The lowest BCUT2D eigenvalue weighted by molar-refractivity contribution is -0.143. The van der Waals surface area contributed by atoms with Gasteiger partial charge in [0.15, 0.2) is 17.5 Å². The molecule has 1 aromatic rings. The van der Waals surface area contributed by atoms with E-state index in [1.807, 2.05) is 6.07 Å². The lowest BCUT2D eigenvalue weighted by Crippen LogP contribution is -2.44. The molecule has 0 radical (unpaired) electrons. The first-order chi connectivity index (χ1) is 12.8. The zero-order valence-corrected chi connectivity index (χ0v) is 18.4. The summed E-state index contributed by atoms with van der Waals surface area (Å²) >= 11 is 6.23. The third-order valence-electron chi connectivity index (χ3n) is 4.36. The summed E-state index contributed by atoms with van der Waals surface area (Å²) in [5.74, 6) is 1.68. The SMILES string of the molecule is CN=C(NCc1cc(Cl)c2c(c1)OCCO2)NC1CCN(CC(F)(F)F)C1.I. The Morgan fingerprint density at radius 3 is 2.79 bits per heavy atom. The van der Waals surface area contributed by atoms with Crippen molar-refractivity contribution in [1.82, 2.24) is 15.5 Å². The average molecular weight is 535 g/mol. The molecule has 2 heterocycles. The van der Waals surface area contributed by atoms with E-state index in [1.54, 1.807) is 13.1 Å². The molecule has 3 rings (SSSR count). The maximum absolute atomic E-state index is 12.5. The largest absolute Gasteiger partial charge is 0.486 e. The minimum atomic E-state index is -4.17. The van der Waals surface area contributed by atoms with E-state index < -0.39 is 12.7 Å². The van der Waals surface area contributed by atoms with E-state index >= 15 is 0 Å². The summed E-state index contributed by atoms with van der Waals surface area (Å²) in [6.07, 6.45) is -3.54. The van der Waals surface area contributed by atoms with Crippen LogP contribution in [0.3, 0.4) is 0 Å². The fourth-order valence-corrected chi connectivity index (χ4v) is 3.48. The zero-order chi connectivity index (χ0) is 19.4. The van der Waals surface area contributed by atoms with Crippen molar-refractivity contribution in [3.05, 3.63) is 22.7 Å². The van der Waals surface area contributed by atoms with Gasteiger partial charge < -0.3 is 20.1 Å². The van der Waals surface area contributed by atoms with Gasteiger partial charge in [-0.05, 0) is 24.1 Å². The normalized spacial score (nSPS) is 19.9. The number of nitrogens with one attached hydrogen (secondary N) is 2. The molecule has 1 aromatic carbocycles. The Morgan fingerprint density at radius 2 is 2.07 bits per heavy atom. The predicted molar refractivity (Wildman–Crippen MR) is 112 cm³/mol. The van der Waals surface area contributed by atoms with E-state index in [-0.39, 0.29) is 30.0 Å². The van der Waals surface area contributed by atoms with Gasteiger partial charge in [-0.2, -0.15) is 13.2 Å². The highest BCUT2D eigenvalue weighted by Gasteiger charge is 2.34. The molecule has 158 valence electrons. The van der Waals surface area contributed by atoms with Crippen LogP contribution < -0.4 is 20.1 Å². The molecule has 0 aliphatic carbocycles. The lowest BCUT2D eigenvalue weighted by atomic mass is 10.2. The number of nitrogens with zero attached hydrogens (tertiary/aromatic N) is 2. The Balaban J connectivity index is 0.00000280. The molecule has 0 spiro atoms. The molecule has 1 atom stereocenters. The minimum absolute atomic E-state index is 0. The smallest absolute Gasteiger partial charge is 0.401 e. The molecule has 2 aliphatic heterocycles. The standard InChI is InChI=1S/C17H22ClF3N4O2.HI/c1-22-16(24-12-2-3-25(9-12)10-17(19,20)21)23-8-11-6-13(18)15-14(7-11)26-4-5-27-15;/h6-7,12H,2-5,8-10H2,1H3,(H2,22,23,24);1H. The van der Waals surface area contributed by atoms with Crippen molar-refractivity contribution in [1.29, 1.82) is 0 Å². The lowest BCUT2D eigenvalue weighted by Gasteiger charge is -2.21. The third kappa shape index (κ3) is 6.45. The summed E-state index contributed by atoms with van der Waals surface area (Å²) in [4.78, 5) is 5.54. The van der Waals surface area contributed by atoms with Crippen LogP contribution in [0.1, 0.15) is 12.0 Å². The van der Waals surface area contributed by atoms with E-state index in [2.05, 4.69) is 15.6 Å². The van der Waals surface area contributed by atoms with Gasteiger partial charge in [-0.15, -0.1) is 24.0 Å². The number of ether oxygens (including phenoxy) is 2. The Labute approximate surface area is 183 Å². The van der Waals surface area contributed by atoms with Crippen molar-refractivity contribution >= 4 is 41.5 Å². The van der Waals surface area contributed by atoms with Crippen LogP contribution in [-0.4, -0.2) is 63.0 Å². The summed E-state index contributed by atoms with van der Waals surface area (Å²) in [6, 6.07) is 3.56. The number of hydrogen-bond acceptors (Lipinski definition) is 4. The Kier molecular flexibility index (Phi) is 8.31. The molecule has 0 saturated carbocycles. The van der Waals surface area contributed by atoms with Crippen molar-refractivity contribution in [3.63, 3.8) is 0 Å². The van der Waals surface area contributed by atoms with Gasteiger partial charge in [-0.25, -0.2) is 0 Å². The van der Waals surface area contributed by atoms with Crippen molar-refractivity contribution in [2.75, 3.05) is 39.9 Å². The first-order valence-electron chi connectivity index (χ1n) is 8.68. The van der Waals surface area contributed by atoms with Gasteiger partial charge in [-0.1, -0.05) is 11.6 Å². The number of aliphatic imine (C=N–C) groups is 1. The van der Waals surface area contributed by atoms with E-state index in [9.17, 15) is 13.2 Å². The summed E-state index contributed by atoms with van der Waals surface area (Å²) < 4.78 is 48.5. The van der Waals surface area contributed by atoms with Gasteiger partial charge in [0.25, 0.3) is 0 Å². The second-order valence-electron chi connectivity index (χ2n) is 6.51. The Morgan fingerprint density at radius 1 is 1.32 bits per heavy atom. The molecular formula is C17H23ClF3IN4O2. The molecule has 0 bridgehead atoms. The predicted octanol–water partition coefficient (Wildman–Crippen LogP) is 3.03. The number of alkyl halides is 3. The summed E-state index contributed by atoms with van der Waals surface area (Å²) in [7, 11) is 1.62. The topological polar surface area (TPSA) is 58.1 Å². The number of rotatable bonds is 4. The molecule has 1 fully saturated rings. The highest BCUT2D eigenvalue weighted by Crippen LogP contribution is 2.38. The summed E-state index contributed by atoms with van der Waals surface area (Å²) in [6.45, 7) is 1.23. The molecular weight excluding hydrogens is 512 g/mol. The molecule has 0 aromatic heterocycles. The zero-order valence-electron chi connectivity index (χ0n) is 15.3. The minimum Gasteiger partial charge on any atom is -0.486 e. The fourth-order valence-electron chi connectivity index (χ4n) is 3.19. The number of guanidine groups is 1. The van der Waals surface area contributed by atoms with Crippen molar-refractivity contribution in [2.24, 2.45) is 4.99 Å². The quantitative estimate of drug-likeness (QED) is 0.353. The monoisotopic (exact) mass is 534 g/mol. The molecule has 0 amide bonds. The van der Waals surface area contributed by atoms with Crippen LogP contribution in [-0.2, 0) is 6.54 Å². The number of benzene rings is 1. The van der Waals surface area contributed by atoms with Crippen LogP contribution in [0.4, 0.5) is 13.2 Å². The molecule has 1 saturated heterocycles. The van der Waals surface area contributed by atoms with Gasteiger partial charge in [-0.3, -0.25) is 9.89 Å². The van der Waals surface area contributed by atoms with Gasteiger partial charge in [0.1, 0.15) is 13.2 Å². The molecule has 28 heavy (non-hydrogen) atoms. The molecule has 2 aliphatic rings. The van der Waals surface area contributed by atoms with Crippen LogP contribution in [0.25, 0.3) is 0 Å². The van der Waals surface area contributed by atoms with E-state index in [0.717, 1.165) is 5.56 Å². The van der Waals surface area contributed by atoms with Crippen molar-refractivity contribution < 1.29 is 22.6 Å². The fraction of sp³-hybridized carbons (Fsp3) is 0.588. The van der Waals surface area contributed by atoms with Crippen LogP contribution in [0.15, 0.2) is 17.1 Å². The Bertz CT molecular complexity index is 706. The third-order valence-corrected chi connectivity index (χ3v) is 4.64. The van der Waals surface area contributed by atoms with Crippen molar-refractivity contribution in [3.8, 4) is 11.5 Å². The van der Waals surface area contributed by atoms with Crippen molar-refractivity contribution in [2.45, 2.75) is 25.2 Å². The highest BCUT2D eigenvalue weighted by atomic mass is 127. The molecule has 1 unspecified atom stereocenters. The Hall–Kier alpha value is -1.14.